The molecule has 3 aliphatic rings. The van der Waals surface area contributed by atoms with Gasteiger partial charge >= 0.3 is 0 Å². The lowest BCUT2D eigenvalue weighted by molar-refractivity contribution is 0.587. The molecule has 0 saturated carbocycles. The lowest BCUT2D eigenvalue weighted by Gasteiger charge is -2.31. The van der Waals surface area contributed by atoms with E-state index in [1.807, 2.05) is 6.08 Å². The highest BCUT2D eigenvalue weighted by Crippen LogP contribution is 2.59. The number of hydrogen-bond acceptors (Lipinski definition) is 0. The van der Waals surface area contributed by atoms with Gasteiger partial charge in [0.25, 0.3) is 0 Å². The van der Waals surface area contributed by atoms with Crippen molar-refractivity contribution in [3.05, 3.63) is 270 Å². The number of nitrogens with zero attached hydrogens (tertiary/aromatic N) is 1. The summed E-state index contributed by atoms with van der Waals surface area (Å²) in [6.07, 6.45) is 12.3. The van der Waals surface area contributed by atoms with E-state index in [0.29, 0.717) is 0 Å². The number of allylic oxidation sites excluding steroid dienone is 11. The molecule has 2 aromatic heterocycles. The maximum absolute atomic E-state index is 3.98. The molecule has 3 aliphatic carbocycles. The Morgan fingerprint density at radius 1 is 0.608 bits per heavy atom. The Morgan fingerprint density at radius 2 is 1.26 bits per heavy atom. The normalized spacial score (nSPS) is 16.1. The van der Waals surface area contributed by atoms with Crippen LogP contribution in [0.25, 0.3) is 93.1 Å². The Hall–Kier alpha value is -8.46. The lowest BCUT2D eigenvalue weighted by Crippen LogP contribution is -2.24. The third kappa shape index (κ3) is 7.54. The zero-order valence-electron chi connectivity index (χ0n) is 43.6. The summed E-state index contributed by atoms with van der Waals surface area (Å²) in [5.41, 5.74) is 22.9. The van der Waals surface area contributed by atoms with Crippen molar-refractivity contribution in [2.75, 3.05) is 0 Å². The summed E-state index contributed by atoms with van der Waals surface area (Å²) in [6.45, 7) is 19.9. The van der Waals surface area contributed by atoms with Gasteiger partial charge in [0.2, 0.25) is 0 Å². The van der Waals surface area contributed by atoms with Crippen molar-refractivity contribution in [3.63, 3.8) is 0 Å². The first kappa shape index (κ1) is 46.6. The maximum atomic E-state index is 3.98. The minimum Gasteiger partial charge on any atom is -0.355 e. The molecule has 0 saturated heterocycles. The molecule has 2 heteroatoms. The summed E-state index contributed by atoms with van der Waals surface area (Å²) < 4.78 is 2.42. The van der Waals surface area contributed by atoms with Gasteiger partial charge in [-0.2, -0.15) is 0 Å². The largest absolute Gasteiger partial charge is 0.355 e. The van der Waals surface area contributed by atoms with Gasteiger partial charge < -0.3 is 9.55 Å². The molecule has 9 aromatic carbocycles. The third-order valence-corrected chi connectivity index (χ3v) is 16.3. The number of nitrogens with one attached hydrogen (secondary N) is 1. The van der Waals surface area contributed by atoms with Gasteiger partial charge in [0.05, 0.1) is 16.4 Å². The zero-order valence-corrected chi connectivity index (χ0v) is 43.6. The smallest absolute Gasteiger partial charge is 0.0578 e. The quantitative estimate of drug-likeness (QED) is 0.170. The van der Waals surface area contributed by atoms with E-state index >= 15 is 0 Å². The van der Waals surface area contributed by atoms with E-state index in [1.165, 1.54) is 121 Å². The number of fused-ring (bicyclic) bond motifs is 12. The molecule has 0 aliphatic heterocycles. The van der Waals surface area contributed by atoms with Crippen molar-refractivity contribution in [3.8, 4) is 16.8 Å². The molecule has 11 aromatic rings. The van der Waals surface area contributed by atoms with Crippen molar-refractivity contribution in [1.82, 2.24) is 9.55 Å². The van der Waals surface area contributed by atoms with Gasteiger partial charge in [0.15, 0.2) is 0 Å². The molecule has 360 valence electrons. The van der Waals surface area contributed by atoms with Crippen LogP contribution in [0.4, 0.5) is 0 Å². The summed E-state index contributed by atoms with van der Waals surface area (Å²) >= 11 is 0. The Morgan fingerprint density at radius 3 is 1.95 bits per heavy atom. The van der Waals surface area contributed by atoms with Crippen LogP contribution in [0.1, 0.15) is 77.1 Å². The topological polar surface area (TPSA) is 20.7 Å². The van der Waals surface area contributed by atoms with Crippen LogP contribution in [0.15, 0.2) is 247 Å². The average molecular weight is 955 g/mol. The average Bonchev–Trinajstić information content (AvgIpc) is 4.25. The van der Waals surface area contributed by atoms with E-state index in [4.69, 9.17) is 0 Å². The highest BCUT2D eigenvalue weighted by atomic mass is 15.0. The molecule has 2 heterocycles. The lowest BCUT2D eigenvalue weighted by atomic mass is 9.71. The third-order valence-electron chi connectivity index (χ3n) is 16.3. The first-order chi connectivity index (χ1) is 36.0. The summed E-state index contributed by atoms with van der Waals surface area (Å²) in [7, 11) is 0. The molecule has 1 N–H and O–H groups in total. The van der Waals surface area contributed by atoms with Crippen LogP contribution < -0.4 is 0 Å². The SMILES string of the molecule is C=C/C(=C\C)c1ccc(-n2c3cc(-c4cccc5ccccc45)ccc3c3c4ccccc4ccc32)cc1.CC1=CC2(C(C)=C(C)c3ccc(C(C)(C)C)cc32)C2=C1C=CC2.c1ccc2c(c1)[nH]c1ccccc12. The number of H-pyrrole nitrogens is 1. The molecular weight excluding hydrogens is 893 g/mol. The highest BCUT2D eigenvalue weighted by Gasteiger charge is 2.47. The number of hydrogen-bond donors (Lipinski definition) is 1. The van der Waals surface area contributed by atoms with Crippen molar-refractivity contribution >= 4 is 76.3 Å². The summed E-state index contributed by atoms with van der Waals surface area (Å²) in [5.74, 6) is 0. The van der Waals surface area contributed by atoms with Gasteiger partial charge in [0, 0.05) is 38.3 Å². The predicted molar refractivity (Wildman–Crippen MR) is 321 cm³/mol. The van der Waals surface area contributed by atoms with Crippen molar-refractivity contribution in [2.45, 2.75) is 65.7 Å². The number of para-hydroxylation sites is 2. The van der Waals surface area contributed by atoms with Crippen LogP contribution in [0.2, 0.25) is 0 Å². The number of aromatic amines is 1. The first-order valence-corrected chi connectivity index (χ1v) is 26.2. The minimum atomic E-state index is 0.0175. The summed E-state index contributed by atoms with van der Waals surface area (Å²) in [5, 5.41) is 10.2. The molecule has 0 fully saturated rings. The number of rotatable bonds is 4. The van der Waals surface area contributed by atoms with Crippen molar-refractivity contribution in [2.24, 2.45) is 0 Å². The van der Waals surface area contributed by atoms with E-state index in [2.05, 4.69) is 277 Å². The van der Waals surface area contributed by atoms with E-state index in [9.17, 15) is 0 Å². The molecule has 0 radical (unpaired) electrons. The predicted octanol–water partition coefficient (Wildman–Crippen LogP) is 19.9. The fourth-order valence-corrected chi connectivity index (χ4v) is 12.4. The number of benzene rings is 9. The van der Waals surface area contributed by atoms with Gasteiger partial charge in [-0.1, -0.05) is 215 Å². The van der Waals surface area contributed by atoms with Gasteiger partial charge in [-0.25, -0.2) is 0 Å². The van der Waals surface area contributed by atoms with Gasteiger partial charge in [-0.15, -0.1) is 0 Å². The fraction of sp³-hybridized carbons (Fsp3) is 0.139. The van der Waals surface area contributed by atoms with Gasteiger partial charge in [-0.05, 0) is 159 Å². The summed E-state index contributed by atoms with van der Waals surface area (Å²) in [6, 6.07) is 68.1. The minimum absolute atomic E-state index is 0.0175. The Labute approximate surface area is 435 Å². The Balaban J connectivity index is 0.000000129. The van der Waals surface area contributed by atoms with Crippen molar-refractivity contribution < 1.29 is 0 Å². The van der Waals surface area contributed by atoms with Crippen LogP contribution in [-0.4, -0.2) is 9.55 Å². The Kier molecular flexibility index (Phi) is 11.5. The second-order valence-corrected chi connectivity index (χ2v) is 21.4. The molecule has 14 rings (SSSR count). The van der Waals surface area contributed by atoms with Crippen LogP contribution in [0.3, 0.4) is 0 Å². The fourth-order valence-electron chi connectivity index (χ4n) is 12.4. The van der Waals surface area contributed by atoms with Crippen LogP contribution in [0, 0.1) is 0 Å². The van der Waals surface area contributed by atoms with Crippen molar-refractivity contribution in [1.29, 1.82) is 0 Å². The van der Waals surface area contributed by atoms with Crippen LogP contribution in [-0.2, 0) is 10.8 Å². The molecule has 2 nitrogen and oxygen atoms in total. The monoisotopic (exact) mass is 954 g/mol. The molecule has 1 spiro atoms. The Bertz CT molecular complexity index is 4180. The van der Waals surface area contributed by atoms with Crippen LogP contribution in [0.5, 0.6) is 0 Å². The maximum Gasteiger partial charge on any atom is 0.0578 e. The van der Waals surface area contributed by atoms with Gasteiger partial charge in [-0.3, -0.25) is 0 Å². The first-order valence-electron chi connectivity index (χ1n) is 26.2. The van der Waals surface area contributed by atoms with E-state index in [-0.39, 0.29) is 10.8 Å². The molecule has 74 heavy (non-hydrogen) atoms. The zero-order chi connectivity index (χ0) is 50.9. The van der Waals surface area contributed by atoms with E-state index < -0.39 is 0 Å². The van der Waals surface area contributed by atoms with E-state index in [1.54, 1.807) is 5.57 Å². The number of aromatic nitrogens is 2. The molecule has 0 bridgehead atoms. The molecule has 0 amide bonds. The molecule has 1 unspecified atom stereocenters. The molecular formula is C72H62N2. The molecule has 1 atom stereocenters. The second-order valence-electron chi connectivity index (χ2n) is 21.4. The standard InChI is InChI=1S/C37H27N.C23H26.C12H9N/c1-3-25(4-2)26-16-20-30(21-17-26)38-35-23-19-28-11-6-8-14-33(28)37(35)34-22-18-29(24-36(34)38)32-15-9-12-27-10-5-7-13-31(27)32;1-14-13-23(20-9-7-8-18(14)20)16(3)15(2)19-11-10-17(12-21(19)23)22(4,5)6;1-3-7-11-9(5-1)10-6-2-4-8-12(10)13-11/h3-24H,1H2,2H3;7-8,10-13H,9H2,1-6H3;1-8,13H/b25-4+;;. The highest BCUT2D eigenvalue weighted by molar-refractivity contribution is 6.22. The van der Waals surface area contributed by atoms with E-state index in [0.717, 1.165) is 17.7 Å². The summed E-state index contributed by atoms with van der Waals surface area (Å²) in [4.78, 5) is 3.38. The van der Waals surface area contributed by atoms with Crippen LogP contribution >= 0.6 is 0 Å². The van der Waals surface area contributed by atoms with Gasteiger partial charge in [0.1, 0.15) is 0 Å². The second kappa shape index (κ2) is 18.2.